The third-order valence-electron chi connectivity index (χ3n) is 3.39. The number of nitrogen functional groups attached to an aromatic ring is 1. The Morgan fingerprint density at radius 3 is 2.57 bits per heavy atom. The van der Waals surface area contributed by atoms with Gasteiger partial charge in [0, 0.05) is 11.5 Å². The maximum atomic E-state index is 12.2. The lowest BCUT2D eigenvalue weighted by atomic mass is 9.96. The first-order valence-corrected chi connectivity index (χ1v) is 6.18. The standard InChI is InChI=1S/C15H12N2O4/c1-20-10-4-3-7-5-8-9(18)6-11(21-2)15(19)14(8)17-13(7)12(10)16/h3-6H,16H2,1-2H3. The molecule has 1 aliphatic rings. The summed E-state index contributed by atoms with van der Waals surface area (Å²) in [7, 11) is 2.83. The Kier molecular flexibility index (Phi) is 2.86. The number of rotatable bonds is 2. The predicted octanol–water partition coefficient (Wildman–Crippen LogP) is 1.73. The minimum Gasteiger partial charge on any atom is -0.495 e. The Bertz CT molecular complexity index is 824. The number of aromatic nitrogens is 1. The monoisotopic (exact) mass is 284 g/mol. The van der Waals surface area contributed by atoms with E-state index in [0.29, 0.717) is 22.3 Å². The van der Waals surface area contributed by atoms with Crippen LogP contribution in [0.1, 0.15) is 20.8 Å². The number of hydrogen-bond acceptors (Lipinski definition) is 6. The van der Waals surface area contributed by atoms with E-state index < -0.39 is 5.78 Å². The Hall–Kier alpha value is -2.89. The fraction of sp³-hybridized carbons (Fsp3) is 0.133. The van der Waals surface area contributed by atoms with Crippen molar-refractivity contribution in [3.8, 4) is 5.75 Å². The fourth-order valence-electron chi connectivity index (χ4n) is 2.31. The molecule has 2 aromatic rings. The average molecular weight is 284 g/mol. The van der Waals surface area contributed by atoms with Gasteiger partial charge in [-0.25, -0.2) is 4.98 Å². The third-order valence-corrected chi connectivity index (χ3v) is 3.39. The molecule has 0 atom stereocenters. The number of fused-ring (bicyclic) bond motifs is 2. The summed E-state index contributed by atoms with van der Waals surface area (Å²) < 4.78 is 10.0. The third kappa shape index (κ3) is 1.84. The van der Waals surface area contributed by atoms with E-state index in [2.05, 4.69) is 4.98 Å². The van der Waals surface area contributed by atoms with Gasteiger partial charge in [-0.1, -0.05) is 0 Å². The molecule has 0 saturated heterocycles. The molecular weight excluding hydrogens is 272 g/mol. The maximum Gasteiger partial charge on any atom is 0.246 e. The lowest BCUT2D eigenvalue weighted by molar-refractivity contribution is 0.0912. The zero-order valence-electron chi connectivity index (χ0n) is 11.5. The van der Waals surface area contributed by atoms with Gasteiger partial charge in [0.2, 0.25) is 5.78 Å². The highest BCUT2D eigenvalue weighted by Crippen LogP contribution is 2.32. The highest BCUT2D eigenvalue weighted by molar-refractivity contribution is 6.24. The quantitative estimate of drug-likeness (QED) is 0.844. The van der Waals surface area contributed by atoms with Crippen molar-refractivity contribution in [2.24, 2.45) is 0 Å². The van der Waals surface area contributed by atoms with Gasteiger partial charge in [-0.15, -0.1) is 0 Å². The van der Waals surface area contributed by atoms with E-state index in [4.69, 9.17) is 15.2 Å². The highest BCUT2D eigenvalue weighted by atomic mass is 16.5. The average Bonchev–Trinajstić information content (AvgIpc) is 2.50. The molecule has 1 aromatic carbocycles. The van der Waals surface area contributed by atoms with Crippen molar-refractivity contribution in [2.45, 2.75) is 0 Å². The van der Waals surface area contributed by atoms with Crippen LogP contribution in [0, 0.1) is 0 Å². The van der Waals surface area contributed by atoms with Crippen molar-refractivity contribution in [3.63, 3.8) is 0 Å². The van der Waals surface area contributed by atoms with Gasteiger partial charge in [-0.05, 0) is 18.2 Å². The number of Topliss-reactive ketones (excluding diaryl/α,β-unsaturated/α-hetero) is 1. The molecule has 1 aliphatic carbocycles. The minimum absolute atomic E-state index is 0.0270. The molecule has 0 bridgehead atoms. The van der Waals surface area contributed by atoms with Crippen LogP contribution < -0.4 is 10.5 Å². The summed E-state index contributed by atoms with van der Waals surface area (Å²) in [5.41, 5.74) is 7.02. The van der Waals surface area contributed by atoms with E-state index in [1.165, 1.54) is 20.3 Å². The first kappa shape index (κ1) is 13.1. The molecule has 2 N–H and O–H groups in total. The summed E-state index contributed by atoms with van der Waals surface area (Å²) in [6.07, 6.45) is 1.17. The maximum absolute atomic E-state index is 12.2. The number of nitrogens with zero attached hydrogens (tertiary/aromatic N) is 1. The number of benzene rings is 1. The topological polar surface area (TPSA) is 91.5 Å². The molecule has 0 amide bonds. The number of ether oxygens (including phenoxy) is 2. The predicted molar refractivity (Wildman–Crippen MR) is 76.5 cm³/mol. The number of carbonyl (C=O) groups is 2. The summed E-state index contributed by atoms with van der Waals surface area (Å²) in [4.78, 5) is 28.5. The number of allylic oxidation sites excluding steroid dienone is 2. The van der Waals surface area contributed by atoms with Crippen LogP contribution in [-0.2, 0) is 4.74 Å². The first-order chi connectivity index (χ1) is 10.1. The second-order valence-corrected chi connectivity index (χ2v) is 4.54. The van der Waals surface area contributed by atoms with Gasteiger partial charge in [0.1, 0.15) is 17.1 Å². The second kappa shape index (κ2) is 4.59. The SMILES string of the molecule is COC1=CC(=O)c2cc3ccc(OC)c(N)c3nc2C1=O. The van der Waals surface area contributed by atoms with Gasteiger partial charge in [0.15, 0.2) is 11.5 Å². The normalized spacial score (nSPS) is 13.9. The number of carbonyl (C=O) groups excluding carboxylic acids is 2. The minimum atomic E-state index is -0.434. The van der Waals surface area contributed by atoms with Crippen molar-refractivity contribution in [1.82, 2.24) is 4.98 Å². The zero-order chi connectivity index (χ0) is 15.1. The summed E-state index contributed by atoms with van der Waals surface area (Å²) in [6.45, 7) is 0. The van der Waals surface area contributed by atoms with Gasteiger partial charge in [-0.2, -0.15) is 0 Å². The molecule has 0 spiro atoms. The van der Waals surface area contributed by atoms with Crippen LogP contribution in [0.4, 0.5) is 5.69 Å². The zero-order valence-corrected chi connectivity index (χ0v) is 11.5. The van der Waals surface area contributed by atoms with Crippen molar-refractivity contribution >= 4 is 28.2 Å². The van der Waals surface area contributed by atoms with E-state index >= 15 is 0 Å². The number of nitrogens with two attached hydrogens (primary N) is 1. The van der Waals surface area contributed by atoms with Crippen LogP contribution in [-0.4, -0.2) is 30.8 Å². The smallest absolute Gasteiger partial charge is 0.246 e. The van der Waals surface area contributed by atoms with Gasteiger partial charge in [0.25, 0.3) is 0 Å². The molecule has 0 radical (unpaired) electrons. The number of anilines is 1. The number of ketones is 2. The van der Waals surface area contributed by atoms with Gasteiger partial charge in [0.05, 0.1) is 25.3 Å². The molecular formula is C15H12N2O4. The molecule has 1 heterocycles. The molecule has 3 rings (SSSR count). The van der Waals surface area contributed by atoms with Crippen LogP contribution in [0.25, 0.3) is 10.9 Å². The van der Waals surface area contributed by atoms with Crippen LogP contribution in [0.15, 0.2) is 30.0 Å². The summed E-state index contributed by atoms with van der Waals surface area (Å²) in [5, 5.41) is 0.669. The summed E-state index contributed by atoms with van der Waals surface area (Å²) >= 11 is 0. The second-order valence-electron chi connectivity index (χ2n) is 4.54. The number of methoxy groups -OCH3 is 2. The van der Waals surface area contributed by atoms with E-state index in [9.17, 15) is 9.59 Å². The Morgan fingerprint density at radius 2 is 1.90 bits per heavy atom. The largest absolute Gasteiger partial charge is 0.495 e. The summed E-state index contributed by atoms with van der Waals surface area (Å²) in [5.74, 6) is -0.311. The van der Waals surface area contributed by atoms with Crippen molar-refractivity contribution in [2.75, 3.05) is 20.0 Å². The van der Waals surface area contributed by atoms with E-state index in [-0.39, 0.29) is 22.8 Å². The van der Waals surface area contributed by atoms with E-state index in [1.54, 1.807) is 18.2 Å². The van der Waals surface area contributed by atoms with Gasteiger partial charge in [-0.3, -0.25) is 9.59 Å². The molecule has 1 aromatic heterocycles. The fourth-order valence-corrected chi connectivity index (χ4v) is 2.31. The lowest BCUT2D eigenvalue weighted by Crippen LogP contribution is -2.20. The van der Waals surface area contributed by atoms with E-state index in [0.717, 1.165) is 0 Å². The molecule has 6 heteroatoms. The number of pyridine rings is 1. The van der Waals surface area contributed by atoms with Gasteiger partial charge >= 0.3 is 0 Å². The lowest BCUT2D eigenvalue weighted by Gasteiger charge is -2.15. The molecule has 0 fully saturated rings. The van der Waals surface area contributed by atoms with Crippen molar-refractivity contribution in [3.05, 3.63) is 41.3 Å². The molecule has 106 valence electrons. The first-order valence-electron chi connectivity index (χ1n) is 6.18. The molecule has 21 heavy (non-hydrogen) atoms. The molecule has 0 unspecified atom stereocenters. The van der Waals surface area contributed by atoms with Crippen molar-refractivity contribution in [1.29, 1.82) is 0 Å². The van der Waals surface area contributed by atoms with Crippen LogP contribution in [0.2, 0.25) is 0 Å². The Balaban J connectivity index is 2.32. The van der Waals surface area contributed by atoms with Crippen LogP contribution >= 0.6 is 0 Å². The van der Waals surface area contributed by atoms with Crippen LogP contribution in [0.3, 0.4) is 0 Å². The van der Waals surface area contributed by atoms with Crippen LogP contribution in [0.5, 0.6) is 5.75 Å². The Morgan fingerprint density at radius 1 is 1.14 bits per heavy atom. The summed E-state index contributed by atoms with van der Waals surface area (Å²) in [6, 6.07) is 5.04. The Labute approximate surface area is 120 Å². The number of hydrogen-bond donors (Lipinski definition) is 1. The van der Waals surface area contributed by atoms with Gasteiger partial charge < -0.3 is 15.2 Å². The highest BCUT2D eigenvalue weighted by Gasteiger charge is 2.28. The van der Waals surface area contributed by atoms with E-state index in [1.807, 2.05) is 0 Å². The molecule has 0 saturated carbocycles. The van der Waals surface area contributed by atoms with Crippen molar-refractivity contribution < 1.29 is 19.1 Å². The molecule has 0 aliphatic heterocycles. The molecule has 6 nitrogen and oxygen atoms in total.